The predicted octanol–water partition coefficient (Wildman–Crippen LogP) is 1.90. The molecule has 0 saturated carbocycles. The van der Waals surface area contributed by atoms with Crippen LogP contribution in [0.1, 0.15) is 6.42 Å². The van der Waals surface area contributed by atoms with E-state index in [1.165, 1.54) is 0 Å². The Bertz CT molecular complexity index is 360. The first-order chi connectivity index (χ1) is 7.74. The van der Waals surface area contributed by atoms with Gasteiger partial charge in [-0.1, -0.05) is 0 Å². The molecule has 0 spiro atoms. The highest BCUT2D eigenvalue weighted by Crippen LogP contribution is 2.17. The molecule has 0 radical (unpaired) electrons. The Balaban J connectivity index is 1.84. The van der Waals surface area contributed by atoms with Crippen LogP contribution in [-0.2, 0) is 0 Å². The monoisotopic (exact) mass is 237 g/mol. The third kappa shape index (κ3) is 3.06. The summed E-state index contributed by atoms with van der Waals surface area (Å²) < 4.78 is 0. The van der Waals surface area contributed by atoms with Crippen molar-refractivity contribution in [2.45, 2.75) is 12.5 Å². The fourth-order valence-electron chi connectivity index (χ4n) is 1.57. The lowest BCUT2D eigenvalue weighted by molar-refractivity contribution is 0.249. The minimum absolute atomic E-state index is 0.141. The van der Waals surface area contributed by atoms with Crippen LogP contribution >= 0.6 is 11.8 Å². The molecule has 1 aliphatic rings. The van der Waals surface area contributed by atoms with E-state index < -0.39 is 0 Å². The molecule has 5 heteroatoms. The van der Waals surface area contributed by atoms with Crippen molar-refractivity contribution >= 4 is 29.2 Å². The summed E-state index contributed by atoms with van der Waals surface area (Å²) in [7, 11) is 0. The molecule has 16 heavy (non-hydrogen) atoms. The Hall–Kier alpha value is -1.36. The van der Waals surface area contributed by atoms with Gasteiger partial charge in [0.1, 0.15) is 0 Å². The molecule has 4 N–H and O–H groups in total. The van der Waals surface area contributed by atoms with Gasteiger partial charge < -0.3 is 16.4 Å². The van der Waals surface area contributed by atoms with Crippen molar-refractivity contribution in [3.63, 3.8) is 0 Å². The number of hydrogen-bond donors (Lipinski definition) is 3. The zero-order valence-electron chi connectivity index (χ0n) is 8.90. The minimum Gasteiger partial charge on any atom is -0.399 e. The van der Waals surface area contributed by atoms with Crippen molar-refractivity contribution in [3.8, 4) is 0 Å². The van der Waals surface area contributed by atoms with E-state index in [-0.39, 0.29) is 6.03 Å². The predicted molar refractivity (Wildman–Crippen MR) is 68.7 cm³/mol. The Morgan fingerprint density at radius 2 is 2.12 bits per heavy atom. The Morgan fingerprint density at radius 3 is 2.75 bits per heavy atom. The van der Waals surface area contributed by atoms with E-state index in [4.69, 9.17) is 5.73 Å². The molecule has 2 amide bonds. The topological polar surface area (TPSA) is 67.1 Å². The second kappa shape index (κ2) is 5.12. The normalized spacial score (nSPS) is 19.4. The molecule has 1 fully saturated rings. The Morgan fingerprint density at radius 1 is 1.38 bits per heavy atom. The van der Waals surface area contributed by atoms with E-state index in [2.05, 4.69) is 10.6 Å². The van der Waals surface area contributed by atoms with E-state index in [0.29, 0.717) is 11.7 Å². The van der Waals surface area contributed by atoms with Crippen LogP contribution in [0, 0.1) is 0 Å². The standard InChI is InChI=1S/C11H15N3OS/c12-8-1-3-9(4-2-8)13-11(15)14-10-5-6-16-7-10/h1-4,10H,5-7,12H2,(H2,13,14,15). The molecule has 0 aromatic heterocycles. The van der Waals surface area contributed by atoms with Crippen molar-refractivity contribution in [2.24, 2.45) is 0 Å². The third-order valence-electron chi connectivity index (χ3n) is 2.43. The van der Waals surface area contributed by atoms with Gasteiger partial charge in [0.25, 0.3) is 0 Å². The van der Waals surface area contributed by atoms with Crippen LogP contribution in [0.2, 0.25) is 0 Å². The molecule has 1 heterocycles. The molecule has 2 rings (SSSR count). The van der Waals surface area contributed by atoms with Gasteiger partial charge in [-0.3, -0.25) is 0 Å². The molecule has 1 saturated heterocycles. The Kier molecular flexibility index (Phi) is 3.56. The van der Waals surface area contributed by atoms with E-state index >= 15 is 0 Å². The number of thioether (sulfide) groups is 1. The van der Waals surface area contributed by atoms with E-state index in [9.17, 15) is 4.79 Å². The van der Waals surface area contributed by atoms with Crippen LogP contribution < -0.4 is 16.4 Å². The first-order valence-corrected chi connectivity index (χ1v) is 6.40. The summed E-state index contributed by atoms with van der Waals surface area (Å²) in [6, 6.07) is 7.27. The summed E-state index contributed by atoms with van der Waals surface area (Å²) in [5.74, 6) is 2.14. The van der Waals surface area contributed by atoms with Crippen LogP contribution in [0.5, 0.6) is 0 Å². The van der Waals surface area contributed by atoms with Crippen LogP contribution in [0.4, 0.5) is 16.2 Å². The van der Waals surface area contributed by atoms with E-state index in [0.717, 1.165) is 23.6 Å². The number of benzene rings is 1. The third-order valence-corrected chi connectivity index (χ3v) is 3.60. The number of nitrogen functional groups attached to an aromatic ring is 1. The number of anilines is 2. The molecule has 1 aliphatic heterocycles. The molecule has 86 valence electrons. The fourth-order valence-corrected chi connectivity index (χ4v) is 2.72. The minimum atomic E-state index is -0.141. The van der Waals surface area contributed by atoms with Gasteiger partial charge in [-0.05, 0) is 36.4 Å². The molecule has 1 unspecified atom stereocenters. The number of amides is 2. The summed E-state index contributed by atoms with van der Waals surface area (Å²) in [5, 5.41) is 5.72. The van der Waals surface area contributed by atoms with Crippen LogP contribution in [0.25, 0.3) is 0 Å². The lowest BCUT2D eigenvalue weighted by Crippen LogP contribution is -2.37. The zero-order chi connectivity index (χ0) is 11.4. The quantitative estimate of drug-likeness (QED) is 0.688. The first-order valence-electron chi connectivity index (χ1n) is 5.25. The average Bonchev–Trinajstić information content (AvgIpc) is 2.74. The molecule has 0 bridgehead atoms. The molecule has 1 aromatic rings. The maximum absolute atomic E-state index is 11.6. The van der Waals surface area contributed by atoms with Crippen LogP contribution in [-0.4, -0.2) is 23.6 Å². The van der Waals surface area contributed by atoms with E-state index in [1.54, 1.807) is 24.3 Å². The maximum Gasteiger partial charge on any atom is 0.319 e. The molecular weight excluding hydrogens is 222 g/mol. The van der Waals surface area contributed by atoms with Crippen LogP contribution in [0.15, 0.2) is 24.3 Å². The summed E-state index contributed by atoms with van der Waals surface area (Å²) in [6.07, 6.45) is 1.06. The second-order valence-corrected chi connectivity index (χ2v) is 4.93. The lowest BCUT2D eigenvalue weighted by Gasteiger charge is -2.12. The van der Waals surface area contributed by atoms with Gasteiger partial charge in [-0.2, -0.15) is 11.8 Å². The van der Waals surface area contributed by atoms with E-state index in [1.807, 2.05) is 11.8 Å². The first kappa shape index (κ1) is 11.1. The number of carbonyl (C=O) groups excluding carboxylic acids is 1. The highest BCUT2D eigenvalue weighted by atomic mass is 32.2. The fraction of sp³-hybridized carbons (Fsp3) is 0.364. The largest absolute Gasteiger partial charge is 0.399 e. The summed E-state index contributed by atoms with van der Waals surface area (Å²) in [6.45, 7) is 0. The highest BCUT2D eigenvalue weighted by Gasteiger charge is 2.17. The maximum atomic E-state index is 11.6. The smallest absolute Gasteiger partial charge is 0.319 e. The molecule has 0 aliphatic carbocycles. The highest BCUT2D eigenvalue weighted by molar-refractivity contribution is 7.99. The second-order valence-electron chi connectivity index (χ2n) is 3.78. The van der Waals surface area contributed by atoms with Crippen LogP contribution in [0.3, 0.4) is 0 Å². The van der Waals surface area contributed by atoms with Gasteiger partial charge in [-0.15, -0.1) is 0 Å². The van der Waals surface area contributed by atoms with Crippen molar-refractivity contribution in [3.05, 3.63) is 24.3 Å². The number of urea groups is 1. The van der Waals surface area contributed by atoms with Crippen molar-refractivity contribution < 1.29 is 4.79 Å². The van der Waals surface area contributed by atoms with Crippen molar-refractivity contribution in [2.75, 3.05) is 22.6 Å². The summed E-state index contributed by atoms with van der Waals surface area (Å²) >= 11 is 1.87. The number of nitrogens with one attached hydrogen (secondary N) is 2. The van der Waals surface area contributed by atoms with Crippen molar-refractivity contribution in [1.82, 2.24) is 5.32 Å². The van der Waals surface area contributed by atoms with Crippen molar-refractivity contribution in [1.29, 1.82) is 0 Å². The van der Waals surface area contributed by atoms with Gasteiger partial charge in [0.2, 0.25) is 0 Å². The van der Waals surface area contributed by atoms with Gasteiger partial charge in [0.15, 0.2) is 0 Å². The number of carbonyl (C=O) groups is 1. The van der Waals surface area contributed by atoms with Gasteiger partial charge in [0.05, 0.1) is 0 Å². The molecule has 4 nitrogen and oxygen atoms in total. The molecule has 1 aromatic carbocycles. The number of rotatable bonds is 2. The number of hydrogen-bond acceptors (Lipinski definition) is 3. The molecule has 1 atom stereocenters. The molecular formula is C11H15N3OS. The Labute approximate surface area is 99.0 Å². The summed E-state index contributed by atoms with van der Waals surface area (Å²) in [4.78, 5) is 11.6. The average molecular weight is 237 g/mol. The van der Waals surface area contributed by atoms with Gasteiger partial charge in [-0.25, -0.2) is 4.79 Å². The summed E-state index contributed by atoms with van der Waals surface area (Å²) in [5.41, 5.74) is 7.01. The lowest BCUT2D eigenvalue weighted by atomic mass is 10.2. The van der Waals surface area contributed by atoms with Gasteiger partial charge in [0, 0.05) is 23.2 Å². The zero-order valence-corrected chi connectivity index (χ0v) is 9.72. The number of nitrogens with two attached hydrogens (primary N) is 1. The van der Waals surface area contributed by atoms with Gasteiger partial charge >= 0.3 is 6.03 Å². The SMILES string of the molecule is Nc1ccc(NC(=O)NC2CCSC2)cc1.